The Morgan fingerprint density at radius 3 is 2.20 bits per heavy atom. The van der Waals surface area contributed by atoms with Crippen molar-refractivity contribution in [3.8, 4) is 0 Å². The van der Waals surface area contributed by atoms with Crippen LogP contribution >= 0.6 is 34.8 Å². The van der Waals surface area contributed by atoms with Gasteiger partial charge in [-0.1, -0.05) is 34.8 Å². The third kappa shape index (κ3) is 5.78. The Kier molecular flexibility index (Phi) is 5.99. The van der Waals surface area contributed by atoms with Crippen molar-refractivity contribution < 1.29 is 9.53 Å². The first-order valence-corrected chi connectivity index (χ1v) is 7.35. The number of amides is 1. The minimum Gasteiger partial charge on any atom is -0.444 e. The monoisotopic (exact) mass is 337 g/mol. The maximum atomic E-state index is 11.7. The molecule has 1 rings (SSSR count). The lowest BCUT2D eigenvalue weighted by atomic mass is 10.1. The van der Waals surface area contributed by atoms with Gasteiger partial charge in [-0.25, -0.2) is 4.79 Å². The van der Waals surface area contributed by atoms with Crippen LogP contribution in [0.3, 0.4) is 0 Å². The molecule has 6 heteroatoms. The molecule has 112 valence electrons. The largest absolute Gasteiger partial charge is 0.444 e. The molecule has 1 unspecified atom stereocenters. The topological polar surface area (TPSA) is 38.3 Å². The number of hydrogen-bond donors (Lipinski definition) is 1. The first kappa shape index (κ1) is 17.4. The van der Waals surface area contributed by atoms with Crippen molar-refractivity contribution in [1.82, 2.24) is 5.32 Å². The molecule has 3 nitrogen and oxygen atoms in total. The van der Waals surface area contributed by atoms with Gasteiger partial charge >= 0.3 is 6.09 Å². The van der Waals surface area contributed by atoms with Crippen LogP contribution in [-0.2, 0) is 11.2 Å². The number of hydrogen-bond acceptors (Lipinski definition) is 2. The fourth-order valence-electron chi connectivity index (χ4n) is 1.63. The summed E-state index contributed by atoms with van der Waals surface area (Å²) in [6.45, 7) is 7.28. The molecule has 0 aliphatic rings. The summed E-state index contributed by atoms with van der Waals surface area (Å²) in [6, 6.07) is 3.09. The summed E-state index contributed by atoms with van der Waals surface area (Å²) in [5, 5.41) is 4.20. The normalized spacial score (nSPS) is 12.9. The van der Waals surface area contributed by atoms with E-state index in [-0.39, 0.29) is 6.04 Å². The van der Waals surface area contributed by atoms with Gasteiger partial charge < -0.3 is 10.1 Å². The Morgan fingerprint density at radius 2 is 1.75 bits per heavy atom. The summed E-state index contributed by atoms with van der Waals surface area (Å²) < 4.78 is 5.19. The second kappa shape index (κ2) is 6.88. The molecule has 0 bridgehead atoms. The van der Waals surface area contributed by atoms with E-state index in [9.17, 15) is 4.79 Å². The predicted molar refractivity (Wildman–Crippen MR) is 84.0 cm³/mol. The summed E-state index contributed by atoms with van der Waals surface area (Å²) in [7, 11) is 0. The Bertz CT molecular complexity index is 475. The van der Waals surface area contributed by atoms with Gasteiger partial charge in [0.2, 0.25) is 0 Å². The molecule has 0 aromatic heterocycles. The number of nitrogens with one attached hydrogen (secondary N) is 1. The molecule has 0 heterocycles. The van der Waals surface area contributed by atoms with Crippen LogP contribution in [0.4, 0.5) is 4.79 Å². The first-order chi connectivity index (χ1) is 9.08. The molecule has 1 atom stereocenters. The number of alkyl carbamates (subject to hydrolysis) is 1. The smallest absolute Gasteiger partial charge is 0.407 e. The van der Waals surface area contributed by atoms with Crippen LogP contribution < -0.4 is 5.32 Å². The van der Waals surface area contributed by atoms with Crippen molar-refractivity contribution >= 4 is 40.9 Å². The SMILES string of the molecule is CC(Cc1c(Cl)cc(Cl)cc1Cl)NC(=O)OC(C)(C)C. The van der Waals surface area contributed by atoms with E-state index >= 15 is 0 Å². The van der Waals surface area contributed by atoms with Crippen molar-refractivity contribution in [2.24, 2.45) is 0 Å². The third-order valence-electron chi connectivity index (χ3n) is 2.38. The van der Waals surface area contributed by atoms with Gasteiger partial charge in [-0.3, -0.25) is 0 Å². The van der Waals surface area contributed by atoms with E-state index in [1.54, 1.807) is 12.1 Å². The summed E-state index contributed by atoms with van der Waals surface area (Å²) in [4.78, 5) is 11.7. The van der Waals surface area contributed by atoms with Crippen LogP contribution in [0.2, 0.25) is 15.1 Å². The van der Waals surface area contributed by atoms with Gasteiger partial charge in [0.25, 0.3) is 0 Å². The summed E-state index contributed by atoms with van der Waals surface area (Å²) in [6.07, 6.45) is 0.0277. The van der Waals surface area contributed by atoms with E-state index in [4.69, 9.17) is 39.5 Å². The van der Waals surface area contributed by atoms with Gasteiger partial charge in [-0.15, -0.1) is 0 Å². The second-order valence-electron chi connectivity index (χ2n) is 5.60. The summed E-state index contributed by atoms with van der Waals surface area (Å²) >= 11 is 18.1. The Labute approximate surface area is 134 Å². The molecule has 0 saturated carbocycles. The number of carbonyl (C=O) groups excluding carboxylic acids is 1. The zero-order chi connectivity index (χ0) is 15.5. The molecule has 0 aliphatic heterocycles. The van der Waals surface area contributed by atoms with Gasteiger partial charge in [-0.05, 0) is 51.8 Å². The molecule has 0 saturated heterocycles. The van der Waals surface area contributed by atoms with Crippen molar-refractivity contribution in [3.05, 3.63) is 32.8 Å². The number of benzene rings is 1. The standard InChI is InChI=1S/C14H18Cl3NO2/c1-8(18-13(19)20-14(2,3)4)5-10-11(16)6-9(15)7-12(10)17/h6-8H,5H2,1-4H3,(H,18,19). The van der Waals surface area contributed by atoms with Crippen molar-refractivity contribution in [2.45, 2.75) is 45.8 Å². The quantitative estimate of drug-likeness (QED) is 0.832. The molecule has 1 aromatic rings. The van der Waals surface area contributed by atoms with Crippen molar-refractivity contribution in [3.63, 3.8) is 0 Å². The number of rotatable bonds is 3. The molecule has 0 aliphatic carbocycles. The van der Waals surface area contributed by atoms with Gasteiger partial charge in [0, 0.05) is 21.1 Å². The zero-order valence-electron chi connectivity index (χ0n) is 11.9. The maximum absolute atomic E-state index is 11.7. The summed E-state index contributed by atoms with van der Waals surface area (Å²) in [5.41, 5.74) is 0.223. The molecular formula is C14H18Cl3NO2. The van der Waals surface area contributed by atoms with Crippen LogP contribution in [0.25, 0.3) is 0 Å². The Morgan fingerprint density at radius 1 is 1.25 bits per heavy atom. The lowest BCUT2D eigenvalue weighted by Gasteiger charge is -2.22. The maximum Gasteiger partial charge on any atom is 0.407 e. The number of halogens is 3. The van der Waals surface area contributed by atoms with Crippen LogP contribution in [0.5, 0.6) is 0 Å². The van der Waals surface area contributed by atoms with Gasteiger partial charge in [0.15, 0.2) is 0 Å². The molecule has 0 radical (unpaired) electrons. The van der Waals surface area contributed by atoms with E-state index in [0.29, 0.717) is 21.5 Å². The Balaban J connectivity index is 2.68. The summed E-state index contributed by atoms with van der Waals surface area (Å²) in [5.74, 6) is 0. The highest BCUT2D eigenvalue weighted by atomic mass is 35.5. The minimum absolute atomic E-state index is 0.166. The zero-order valence-corrected chi connectivity index (χ0v) is 14.2. The molecule has 1 amide bonds. The minimum atomic E-state index is -0.528. The van der Waals surface area contributed by atoms with Gasteiger partial charge in [-0.2, -0.15) is 0 Å². The molecule has 0 spiro atoms. The van der Waals surface area contributed by atoms with Crippen LogP contribution in [0.15, 0.2) is 12.1 Å². The molecule has 20 heavy (non-hydrogen) atoms. The van der Waals surface area contributed by atoms with E-state index in [1.807, 2.05) is 27.7 Å². The highest BCUT2D eigenvalue weighted by Gasteiger charge is 2.19. The predicted octanol–water partition coefficient (Wildman–Crippen LogP) is 5.10. The highest BCUT2D eigenvalue weighted by Crippen LogP contribution is 2.29. The van der Waals surface area contributed by atoms with E-state index in [0.717, 1.165) is 5.56 Å². The number of ether oxygens (including phenoxy) is 1. The van der Waals surface area contributed by atoms with E-state index in [1.165, 1.54) is 0 Å². The molecular weight excluding hydrogens is 321 g/mol. The lowest BCUT2D eigenvalue weighted by Crippen LogP contribution is -2.38. The molecule has 0 fully saturated rings. The lowest BCUT2D eigenvalue weighted by molar-refractivity contribution is 0.0508. The third-order valence-corrected chi connectivity index (χ3v) is 3.27. The Hall–Kier alpha value is -0.640. The van der Waals surface area contributed by atoms with Crippen LogP contribution in [0, 0.1) is 0 Å². The van der Waals surface area contributed by atoms with E-state index < -0.39 is 11.7 Å². The highest BCUT2D eigenvalue weighted by molar-refractivity contribution is 6.39. The first-order valence-electron chi connectivity index (χ1n) is 6.21. The van der Waals surface area contributed by atoms with Gasteiger partial charge in [0.05, 0.1) is 0 Å². The fourth-order valence-corrected chi connectivity index (χ4v) is 2.60. The average molecular weight is 339 g/mol. The molecule has 1 N–H and O–H groups in total. The van der Waals surface area contributed by atoms with Crippen LogP contribution in [-0.4, -0.2) is 17.7 Å². The average Bonchev–Trinajstić information content (AvgIpc) is 2.20. The van der Waals surface area contributed by atoms with Crippen molar-refractivity contribution in [2.75, 3.05) is 0 Å². The number of carbonyl (C=O) groups is 1. The van der Waals surface area contributed by atoms with Crippen LogP contribution in [0.1, 0.15) is 33.3 Å². The second-order valence-corrected chi connectivity index (χ2v) is 6.85. The fraction of sp³-hybridized carbons (Fsp3) is 0.500. The van der Waals surface area contributed by atoms with Gasteiger partial charge in [0.1, 0.15) is 5.60 Å². The van der Waals surface area contributed by atoms with E-state index in [2.05, 4.69) is 5.32 Å². The molecule has 1 aromatic carbocycles. The van der Waals surface area contributed by atoms with Crippen molar-refractivity contribution in [1.29, 1.82) is 0 Å².